The lowest BCUT2D eigenvalue weighted by molar-refractivity contribution is -0.140. The average molecular weight is 186 g/mol. The molecule has 0 aromatic rings. The van der Waals surface area contributed by atoms with Crippen molar-refractivity contribution in [2.24, 2.45) is 5.41 Å². The molecule has 2 nitrogen and oxygen atoms in total. The normalized spacial score (nSPS) is 15.8. The van der Waals surface area contributed by atoms with Crippen LogP contribution in [0.5, 0.6) is 0 Å². The molecule has 0 aliphatic heterocycles. The molecule has 0 aromatic carbocycles. The number of hydrogen-bond acceptors (Lipinski definition) is 2. The van der Waals surface area contributed by atoms with Crippen molar-refractivity contribution in [2.45, 2.75) is 52.2 Å². The van der Waals surface area contributed by atoms with Gasteiger partial charge in [-0.1, -0.05) is 32.8 Å². The van der Waals surface area contributed by atoms with Gasteiger partial charge in [0.1, 0.15) is 0 Å². The number of hydrogen-bond donors (Lipinski definition) is 2. The lowest BCUT2D eigenvalue weighted by Gasteiger charge is -2.33. The van der Waals surface area contributed by atoms with E-state index in [4.69, 9.17) is 0 Å². The van der Waals surface area contributed by atoms with E-state index in [0.717, 1.165) is 25.7 Å². The highest BCUT2D eigenvalue weighted by Gasteiger charge is 2.33. The summed E-state index contributed by atoms with van der Waals surface area (Å²) < 4.78 is 0. The number of allylic oxidation sites excluding steroid dienone is 1. The van der Waals surface area contributed by atoms with Crippen molar-refractivity contribution in [3.8, 4) is 0 Å². The second-order valence-corrected chi connectivity index (χ2v) is 3.69. The molecular weight excluding hydrogens is 164 g/mol. The minimum Gasteiger partial charge on any atom is -0.368 e. The molecule has 0 heterocycles. The summed E-state index contributed by atoms with van der Waals surface area (Å²) in [6.45, 7) is 7.77. The second-order valence-electron chi connectivity index (χ2n) is 3.69. The highest BCUT2D eigenvalue weighted by Crippen LogP contribution is 2.35. The Labute approximate surface area is 81.3 Å². The Balaban J connectivity index is 4.34. The van der Waals surface area contributed by atoms with E-state index in [1.807, 2.05) is 6.92 Å². The van der Waals surface area contributed by atoms with E-state index in [9.17, 15) is 10.2 Å². The summed E-state index contributed by atoms with van der Waals surface area (Å²) in [5.74, 6) is 0. The standard InChI is InChI=1S/C11H22O2/c1-4-7-9-11(6-3,8-5-2)10(12)13/h5,10,12-13H,2,4,6-9H2,1,3H3. The summed E-state index contributed by atoms with van der Waals surface area (Å²) >= 11 is 0. The molecule has 0 spiro atoms. The molecule has 0 saturated carbocycles. The van der Waals surface area contributed by atoms with Gasteiger partial charge in [-0.3, -0.25) is 0 Å². The Bertz CT molecular complexity index is 143. The zero-order chi connectivity index (χ0) is 10.3. The predicted octanol–water partition coefficient (Wildman–Crippen LogP) is 2.46. The third-order valence-electron chi connectivity index (χ3n) is 2.83. The van der Waals surface area contributed by atoms with Crippen LogP contribution in [0.3, 0.4) is 0 Å². The Kier molecular flexibility index (Phi) is 6.00. The SMILES string of the molecule is C=CCC(CC)(CCCC)C(O)O. The van der Waals surface area contributed by atoms with Crippen molar-refractivity contribution in [3.63, 3.8) is 0 Å². The van der Waals surface area contributed by atoms with Gasteiger partial charge >= 0.3 is 0 Å². The van der Waals surface area contributed by atoms with Crippen molar-refractivity contribution in [1.82, 2.24) is 0 Å². The first-order valence-electron chi connectivity index (χ1n) is 5.10. The summed E-state index contributed by atoms with van der Waals surface area (Å²) in [5.41, 5.74) is -0.363. The summed E-state index contributed by atoms with van der Waals surface area (Å²) in [5, 5.41) is 18.7. The van der Waals surface area contributed by atoms with E-state index in [0.29, 0.717) is 6.42 Å². The zero-order valence-corrected chi connectivity index (χ0v) is 8.79. The topological polar surface area (TPSA) is 40.5 Å². The highest BCUT2D eigenvalue weighted by molar-refractivity contribution is 4.87. The quantitative estimate of drug-likeness (QED) is 0.473. The number of aliphatic hydroxyl groups excluding tert-OH is 1. The van der Waals surface area contributed by atoms with Crippen molar-refractivity contribution in [2.75, 3.05) is 0 Å². The van der Waals surface area contributed by atoms with Crippen molar-refractivity contribution >= 4 is 0 Å². The number of rotatable bonds is 7. The van der Waals surface area contributed by atoms with Gasteiger partial charge in [-0.15, -0.1) is 6.58 Å². The third-order valence-corrected chi connectivity index (χ3v) is 2.83. The van der Waals surface area contributed by atoms with Crippen LogP contribution in [0, 0.1) is 5.41 Å². The van der Waals surface area contributed by atoms with Crippen molar-refractivity contribution in [3.05, 3.63) is 12.7 Å². The van der Waals surface area contributed by atoms with Gasteiger partial charge in [-0.25, -0.2) is 0 Å². The largest absolute Gasteiger partial charge is 0.368 e. The summed E-state index contributed by atoms with van der Waals surface area (Å²) in [4.78, 5) is 0. The molecule has 0 fully saturated rings. The molecule has 1 atom stereocenters. The van der Waals surface area contributed by atoms with Crippen LogP contribution >= 0.6 is 0 Å². The summed E-state index contributed by atoms with van der Waals surface area (Å²) in [7, 11) is 0. The van der Waals surface area contributed by atoms with Gasteiger partial charge in [-0.05, 0) is 19.3 Å². The van der Waals surface area contributed by atoms with Crippen molar-refractivity contribution < 1.29 is 10.2 Å². The van der Waals surface area contributed by atoms with E-state index in [-0.39, 0.29) is 5.41 Å². The molecule has 13 heavy (non-hydrogen) atoms. The molecule has 0 aromatic heterocycles. The predicted molar refractivity (Wildman–Crippen MR) is 55.3 cm³/mol. The van der Waals surface area contributed by atoms with Crippen LogP contribution in [0.15, 0.2) is 12.7 Å². The average Bonchev–Trinajstić information content (AvgIpc) is 2.12. The zero-order valence-electron chi connectivity index (χ0n) is 8.79. The molecule has 78 valence electrons. The smallest absolute Gasteiger partial charge is 0.157 e. The van der Waals surface area contributed by atoms with Gasteiger partial charge in [0.05, 0.1) is 0 Å². The van der Waals surface area contributed by atoms with Gasteiger partial charge in [0.2, 0.25) is 0 Å². The fourth-order valence-electron chi connectivity index (χ4n) is 1.66. The highest BCUT2D eigenvalue weighted by atomic mass is 16.5. The van der Waals surface area contributed by atoms with E-state index >= 15 is 0 Å². The van der Waals surface area contributed by atoms with Gasteiger partial charge in [0.15, 0.2) is 6.29 Å². The molecule has 0 radical (unpaired) electrons. The first-order valence-corrected chi connectivity index (χ1v) is 5.10. The molecule has 0 aliphatic carbocycles. The third kappa shape index (κ3) is 3.49. The second kappa shape index (κ2) is 6.17. The van der Waals surface area contributed by atoms with Gasteiger partial charge in [0.25, 0.3) is 0 Å². The van der Waals surface area contributed by atoms with Crippen LogP contribution in [0.1, 0.15) is 46.0 Å². The van der Waals surface area contributed by atoms with Crippen LogP contribution in [0.4, 0.5) is 0 Å². The Hall–Kier alpha value is -0.340. The van der Waals surface area contributed by atoms with E-state index in [1.54, 1.807) is 6.08 Å². The fourth-order valence-corrected chi connectivity index (χ4v) is 1.66. The molecule has 1 unspecified atom stereocenters. The number of unbranched alkanes of at least 4 members (excludes halogenated alkanes) is 1. The Morgan fingerprint density at radius 1 is 1.38 bits per heavy atom. The Morgan fingerprint density at radius 3 is 2.31 bits per heavy atom. The minimum atomic E-state index is -1.22. The molecule has 0 bridgehead atoms. The number of aliphatic hydroxyl groups is 2. The Morgan fingerprint density at radius 2 is 2.00 bits per heavy atom. The lowest BCUT2D eigenvalue weighted by Crippen LogP contribution is -2.34. The van der Waals surface area contributed by atoms with Gasteiger partial charge in [0, 0.05) is 5.41 Å². The van der Waals surface area contributed by atoms with E-state index in [2.05, 4.69) is 13.5 Å². The van der Waals surface area contributed by atoms with Gasteiger partial charge in [-0.2, -0.15) is 0 Å². The lowest BCUT2D eigenvalue weighted by atomic mass is 9.76. The van der Waals surface area contributed by atoms with E-state index in [1.165, 1.54) is 0 Å². The van der Waals surface area contributed by atoms with Crippen LogP contribution in [-0.2, 0) is 0 Å². The minimum absolute atomic E-state index is 0.363. The maximum Gasteiger partial charge on any atom is 0.157 e. The van der Waals surface area contributed by atoms with Crippen LogP contribution in [-0.4, -0.2) is 16.5 Å². The summed E-state index contributed by atoms with van der Waals surface area (Å²) in [6.07, 6.45) is 5.02. The molecule has 0 aliphatic rings. The molecule has 0 amide bonds. The molecular formula is C11H22O2. The van der Waals surface area contributed by atoms with Crippen LogP contribution in [0.2, 0.25) is 0 Å². The van der Waals surface area contributed by atoms with Crippen LogP contribution in [0.25, 0.3) is 0 Å². The first-order chi connectivity index (χ1) is 6.13. The van der Waals surface area contributed by atoms with E-state index < -0.39 is 6.29 Å². The van der Waals surface area contributed by atoms with Crippen molar-refractivity contribution in [1.29, 1.82) is 0 Å². The molecule has 2 heteroatoms. The molecule has 2 N–H and O–H groups in total. The maximum atomic E-state index is 9.33. The monoisotopic (exact) mass is 186 g/mol. The van der Waals surface area contributed by atoms with Crippen LogP contribution < -0.4 is 0 Å². The molecule has 0 rings (SSSR count). The molecule has 0 saturated heterocycles. The fraction of sp³-hybridized carbons (Fsp3) is 0.818. The maximum absolute atomic E-state index is 9.33. The summed E-state index contributed by atoms with van der Waals surface area (Å²) in [6, 6.07) is 0. The van der Waals surface area contributed by atoms with Gasteiger partial charge < -0.3 is 10.2 Å². The first kappa shape index (κ1) is 12.7.